The summed E-state index contributed by atoms with van der Waals surface area (Å²) in [5.41, 5.74) is 4.67. The second kappa shape index (κ2) is 10.9. The van der Waals surface area contributed by atoms with Gasteiger partial charge >= 0.3 is 12.1 Å². The largest absolute Gasteiger partial charge is 0.481 e. The molecule has 0 heterocycles. The van der Waals surface area contributed by atoms with E-state index in [1.54, 1.807) is 0 Å². The minimum absolute atomic E-state index is 0.00610. The number of hydrogen-bond acceptors (Lipinski definition) is 4. The molecule has 7 heteroatoms. The number of carbonyl (C=O) groups is 3. The summed E-state index contributed by atoms with van der Waals surface area (Å²) in [6.45, 7) is 4.57. The molecule has 0 aromatic heterocycles. The maximum Gasteiger partial charge on any atom is 0.407 e. The summed E-state index contributed by atoms with van der Waals surface area (Å²) in [5, 5.41) is 15.1. The molecule has 3 atom stereocenters. The van der Waals surface area contributed by atoms with Gasteiger partial charge in [0.15, 0.2) is 0 Å². The zero-order valence-electron chi connectivity index (χ0n) is 20.3. The van der Waals surface area contributed by atoms with Crippen molar-refractivity contribution in [2.24, 2.45) is 17.8 Å². The van der Waals surface area contributed by atoms with E-state index in [2.05, 4.69) is 34.9 Å². The molecule has 4 rings (SSSR count). The van der Waals surface area contributed by atoms with E-state index >= 15 is 0 Å². The molecule has 0 spiro atoms. The van der Waals surface area contributed by atoms with Gasteiger partial charge < -0.3 is 20.5 Å². The number of carbonyl (C=O) groups excluding carboxylic acids is 2. The molecule has 2 amide bonds. The molecule has 2 aliphatic carbocycles. The van der Waals surface area contributed by atoms with Gasteiger partial charge in [-0.15, -0.1) is 0 Å². The highest BCUT2D eigenvalue weighted by Gasteiger charge is 2.34. The molecule has 7 nitrogen and oxygen atoms in total. The van der Waals surface area contributed by atoms with Crippen molar-refractivity contribution in [2.45, 2.75) is 51.5 Å². The third-order valence-electron chi connectivity index (χ3n) is 7.42. The van der Waals surface area contributed by atoms with Gasteiger partial charge in [-0.2, -0.15) is 0 Å². The summed E-state index contributed by atoms with van der Waals surface area (Å²) in [5.74, 6) is -1.47. The monoisotopic (exact) mass is 478 g/mol. The van der Waals surface area contributed by atoms with Crippen LogP contribution in [0.4, 0.5) is 4.79 Å². The van der Waals surface area contributed by atoms with E-state index in [0.29, 0.717) is 19.4 Å². The minimum Gasteiger partial charge on any atom is -0.481 e. The van der Waals surface area contributed by atoms with Crippen molar-refractivity contribution in [1.82, 2.24) is 10.6 Å². The van der Waals surface area contributed by atoms with Crippen LogP contribution in [0.5, 0.6) is 0 Å². The van der Waals surface area contributed by atoms with Gasteiger partial charge in [0.25, 0.3) is 0 Å². The summed E-state index contributed by atoms with van der Waals surface area (Å²) in [4.78, 5) is 36.5. The average Bonchev–Trinajstić information content (AvgIpc) is 3.43. The van der Waals surface area contributed by atoms with Gasteiger partial charge in [0, 0.05) is 24.9 Å². The minimum atomic E-state index is -0.856. The smallest absolute Gasteiger partial charge is 0.407 e. The second-order valence-corrected chi connectivity index (χ2v) is 9.96. The topological polar surface area (TPSA) is 105 Å². The number of benzene rings is 2. The molecule has 0 aliphatic heterocycles. The predicted molar refractivity (Wildman–Crippen MR) is 133 cm³/mol. The SMILES string of the molecule is CC(C)C(CNC(=O)OCC1c2ccccc2-c2ccccc21)CC(=O)N[C@H]1CCC[C@H]1C(=O)O. The molecular formula is C28H34N2O5. The molecule has 1 saturated carbocycles. The zero-order chi connectivity index (χ0) is 24.9. The normalized spacial score (nSPS) is 19.6. The molecule has 2 aromatic rings. The Morgan fingerprint density at radius 3 is 2.23 bits per heavy atom. The van der Waals surface area contributed by atoms with Gasteiger partial charge in [0.05, 0.1) is 5.92 Å². The zero-order valence-corrected chi connectivity index (χ0v) is 20.3. The van der Waals surface area contributed by atoms with E-state index < -0.39 is 18.0 Å². The van der Waals surface area contributed by atoms with Crippen molar-refractivity contribution in [1.29, 1.82) is 0 Å². The van der Waals surface area contributed by atoms with Crippen LogP contribution in [0.25, 0.3) is 11.1 Å². The lowest BCUT2D eigenvalue weighted by Gasteiger charge is -2.23. The van der Waals surface area contributed by atoms with E-state index in [9.17, 15) is 19.5 Å². The van der Waals surface area contributed by atoms with Crippen molar-refractivity contribution in [3.63, 3.8) is 0 Å². The molecule has 1 unspecified atom stereocenters. The fourth-order valence-corrected chi connectivity index (χ4v) is 5.34. The first-order valence-corrected chi connectivity index (χ1v) is 12.5. The van der Waals surface area contributed by atoms with Gasteiger partial charge in [0.2, 0.25) is 5.91 Å². The Morgan fingerprint density at radius 2 is 1.63 bits per heavy atom. The van der Waals surface area contributed by atoms with Crippen LogP contribution < -0.4 is 10.6 Å². The van der Waals surface area contributed by atoms with Gasteiger partial charge in [-0.3, -0.25) is 9.59 Å². The first-order valence-electron chi connectivity index (χ1n) is 12.5. The fraction of sp³-hybridized carbons (Fsp3) is 0.464. The molecule has 1 fully saturated rings. The number of carboxylic acids is 1. The fourth-order valence-electron chi connectivity index (χ4n) is 5.34. The quantitative estimate of drug-likeness (QED) is 0.490. The van der Waals surface area contributed by atoms with E-state index in [0.717, 1.165) is 17.5 Å². The molecule has 35 heavy (non-hydrogen) atoms. The maximum atomic E-state index is 12.6. The van der Waals surface area contributed by atoms with Gasteiger partial charge in [-0.25, -0.2) is 4.79 Å². The predicted octanol–water partition coefficient (Wildman–Crippen LogP) is 4.56. The van der Waals surface area contributed by atoms with Crippen LogP contribution in [0.1, 0.15) is 56.6 Å². The van der Waals surface area contributed by atoms with E-state index in [-0.39, 0.29) is 42.7 Å². The standard InChI is InChI=1S/C28H34N2O5/c1-17(2)18(14-26(31)30-25-13-7-12-23(25)27(32)33)15-29-28(34)35-16-24-21-10-5-3-8-19(21)20-9-4-6-11-22(20)24/h3-6,8-11,17-18,23-25H,7,12-16H2,1-2H3,(H,29,34)(H,30,31)(H,32,33)/t18?,23-,25+/m1/s1. The van der Waals surface area contributed by atoms with Crippen LogP contribution in [-0.2, 0) is 14.3 Å². The number of alkyl carbamates (subject to hydrolysis) is 1. The number of fused-ring (bicyclic) bond motifs is 3. The van der Waals surface area contributed by atoms with Gasteiger partial charge in [-0.1, -0.05) is 68.8 Å². The van der Waals surface area contributed by atoms with Crippen molar-refractivity contribution < 1.29 is 24.2 Å². The van der Waals surface area contributed by atoms with Crippen LogP contribution in [0.2, 0.25) is 0 Å². The molecule has 0 saturated heterocycles. The highest BCUT2D eigenvalue weighted by Crippen LogP contribution is 2.44. The average molecular weight is 479 g/mol. The molecule has 0 radical (unpaired) electrons. The second-order valence-electron chi connectivity index (χ2n) is 9.96. The van der Waals surface area contributed by atoms with E-state index in [4.69, 9.17) is 4.74 Å². The summed E-state index contributed by atoms with van der Waals surface area (Å²) in [7, 11) is 0. The van der Waals surface area contributed by atoms with Crippen LogP contribution in [0.3, 0.4) is 0 Å². The molecule has 3 N–H and O–H groups in total. The number of rotatable bonds is 9. The lowest BCUT2D eigenvalue weighted by molar-refractivity contribution is -0.142. The molecule has 2 aliphatic rings. The Hall–Kier alpha value is -3.35. The van der Waals surface area contributed by atoms with E-state index in [1.807, 2.05) is 38.1 Å². The summed E-state index contributed by atoms with van der Waals surface area (Å²) in [6.07, 6.45) is 1.81. The van der Waals surface area contributed by atoms with Crippen LogP contribution in [0.15, 0.2) is 48.5 Å². The Kier molecular flexibility index (Phi) is 7.73. The summed E-state index contributed by atoms with van der Waals surface area (Å²) in [6, 6.07) is 16.1. The maximum absolute atomic E-state index is 12.6. The van der Waals surface area contributed by atoms with E-state index in [1.165, 1.54) is 11.1 Å². The van der Waals surface area contributed by atoms with Crippen molar-refractivity contribution >= 4 is 18.0 Å². The molecule has 186 valence electrons. The summed E-state index contributed by atoms with van der Waals surface area (Å²) < 4.78 is 5.61. The summed E-state index contributed by atoms with van der Waals surface area (Å²) >= 11 is 0. The highest BCUT2D eigenvalue weighted by molar-refractivity contribution is 5.80. The number of nitrogens with one attached hydrogen (secondary N) is 2. The van der Waals surface area contributed by atoms with Gasteiger partial charge in [-0.05, 0) is 46.9 Å². The third kappa shape index (κ3) is 5.66. The first-order chi connectivity index (χ1) is 16.8. The molecule has 0 bridgehead atoms. The Bertz CT molecular complexity index is 1040. The number of ether oxygens (including phenoxy) is 1. The lowest BCUT2D eigenvalue weighted by Crippen LogP contribution is -2.42. The number of amides is 2. The third-order valence-corrected chi connectivity index (χ3v) is 7.42. The van der Waals surface area contributed by atoms with Crippen LogP contribution >= 0.6 is 0 Å². The van der Waals surface area contributed by atoms with Crippen molar-refractivity contribution in [3.05, 3.63) is 59.7 Å². The highest BCUT2D eigenvalue weighted by atomic mass is 16.5. The van der Waals surface area contributed by atoms with Crippen LogP contribution in [-0.4, -0.2) is 42.3 Å². The molecular weight excluding hydrogens is 444 g/mol. The molecule has 2 aromatic carbocycles. The lowest BCUT2D eigenvalue weighted by atomic mass is 9.91. The number of aliphatic carboxylic acids is 1. The van der Waals surface area contributed by atoms with Crippen molar-refractivity contribution in [2.75, 3.05) is 13.2 Å². The number of hydrogen-bond donors (Lipinski definition) is 3. The Balaban J connectivity index is 1.29. The Labute approximate surface area is 206 Å². The number of carboxylic acid groups (broad SMARTS) is 1. The first kappa shape index (κ1) is 24.8. The van der Waals surface area contributed by atoms with Gasteiger partial charge in [0.1, 0.15) is 6.61 Å². The Morgan fingerprint density at radius 1 is 1.00 bits per heavy atom. The van der Waals surface area contributed by atoms with Crippen molar-refractivity contribution in [3.8, 4) is 11.1 Å². The van der Waals surface area contributed by atoms with Crippen LogP contribution in [0, 0.1) is 17.8 Å².